The van der Waals surface area contributed by atoms with Crippen LogP contribution in [0.1, 0.15) is 24.3 Å². The number of hydrogen-bond acceptors (Lipinski definition) is 2. The zero-order chi connectivity index (χ0) is 12.8. The van der Waals surface area contributed by atoms with E-state index in [4.69, 9.17) is 16.6 Å². The Bertz CT molecular complexity index is 482. The molecule has 0 saturated heterocycles. The van der Waals surface area contributed by atoms with Gasteiger partial charge in [-0.15, -0.1) is 0 Å². The maximum atomic E-state index is 5.24. The lowest BCUT2D eigenvalue weighted by atomic mass is 10.1. The summed E-state index contributed by atoms with van der Waals surface area (Å²) in [7, 11) is 0. The first-order valence-electron chi connectivity index (χ1n) is 5.87. The normalized spacial score (nSPS) is 11.8. The maximum absolute atomic E-state index is 5.24. The molecule has 0 amide bonds. The lowest BCUT2D eigenvalue weighted by molar-refractivity contribution is 0.501. The summed E-state index contributed by atoms with van der Waals surface area (Å²) in [6.07, 6.45) is 1.65. The summed E-state index contributed by atoms with van der Waals surface area (Å²) in [4.78, 5) is 0. The SMILES string of the molecule is C[C@@H](NC(=S)NCc1ccco1)c1ccccc1. The van der Waals surface area contributed by atoms with Crippen LogP contribution in [0, 0.1) is 0 Å². The molecule has 0 fully saturated rings. The van der Waals surface area contributed by atoms with Crippen LogP contribution in [0.2, 0.25) is 0 Å². The first-order chi connectivity index (χ1) is 8.75. The van der Waals surface area contributed by atoms with Gasteiger partial charge in [-0.3, -0.25) is 0 Å². The van der Waals surface area contributed by atoms with Crippen LogP contribution in [-0.4, -0.2) is 5.11 Å². The number of furan rings is 1. The largest absolute Gasteiger partial charge is 0.467 e. The van der Waals surface area contributed by atoms with Crippen LogP contribution in [0.5, 0.6) is 0 Å². The molecule has 0 aliphatic rings. The van der Waals surface area contributed by atoms with E-state index in [0.29, 0.717) is 11.7 Å². The molecule has 18 heavy (non-hydrogen) atoms. The average Bonchev–Trinajstić information content (AvgIpc) is 2.90. The van der Waals surface area contributed by atoms with E-state index in [9.17, 15) is 0 Å². The lowest BCUT2D eigenvalue weighted by Gasteiger charge is -2.16. The Morgan fingerprint density at radius 2 is 2.00 bits per heavy atom. The zero-order valence-corrected chi connectivity index (χ0v) is 11.0. The number of thiocarbonyl (C=S) groups is 1. The lowest BCUT2D eigenvalue weighted by Crippen LogP contribution is -2.36. The minimum Gasteiger partial charge on any atom is -0.467 e. The van der Waals surface area contributed by atoms with Gasteiger partial charge in [-0.25, -0.2) is 0 Å². The smallest absolute Gasteiger partial charge is 0.167 e. The molecule has 0 aliphatic heterocycles. The molecule has 1 aromatic heterocycles. The highest BCUT2D eigenvalue weighted by Gasteiger charge is 2.06. The molecule has 1 atom stereocenters. The second kappa shape index (κ2) is 6.21. The summed E-state index contributed by atoms with van der Waals surface area (Å²) < 4.78 is 5.22. The molecule has 0 aliphatic carbocycles. The summed E-state index contributed by atoms with van der Waals surface area (Å²) in [5.41, 5.74) is 1.21. The van der Waals surface area contributed by atoms with Crippen molar-refractivity contribution in [3.05, 3.63) is 60.1 Å². The van der Waals surface area contributed by atoms with Gasteiger partial charge in [0.25, 0.3) is 0 Å². The summed E-state index contributed by atoms with van der Waals surface area (Å²) in [5.74, 6) is 0.867. The van der Waals surface area contributed by atoms with Crippen LogP contribution in [0.4, 0.5) is 0 Å². The molecule has 0 bridgehead atoms. The minimum atomic E-state index is 0.183. The van der Waals surface area contributed by atoms with Gasteiger partial charge in [0.05, 0.1) is 18.8 Å². The van der Waals surface area contributed by atoms with E-state index in [2.05, 4.69) is 29.7 Å². The van der Waals surface area contributed by atoms with Gasteiger partial charge >= 0.3 is 0 Å². The highest BCUT2D eigenvalue weighted by atomic mass is 32.1. The predicted octanol–water partition coefficient (Wildman–Crippen LogP) is 3.00. The molecule has 3 nitrogen and oxygen atoms in total. The van der Waals surface area contributed by atoms with E-state index in [1.165, 1.54) is 5.56 Å². The molecule has 0 saturated carbocycles. The summed E-state index contributed by atoms with van der Waals surface area (Å²) in [6.45, 7) is 2.68. The van der Waals surface area contributed by atoms with Crippen molar-refractivity contribution in [3.8, 4) is 0 Å². The zero-order valence-electron chi connectivity index (χ0n) is 10.2. The summed E-state index contributed by atoms with van der Waals surface area (Å²) >= 11 is 5.24. The fourth-order valence-corrected chi connectivity index (χ4v) is 1.90. The molecule has 0 unspecified atom stereocenters. The van der Waals surface area contributed by atoms with Crippen LogP contribution < -0.4 is 10.6 Å². The maximum Gasteiger partial charge on any atom is 0.167 e. The Kier molecular flexibility index (Phi) is 4.36. The number of benzene rings is 1. The number of rotatable bonds is 4. The van der Waals surface area contributed by atoms with Crippen molar-refractivity contribution in [2.45, 2.75) is 19.5 Å². The topological polar surface area (TPSA) is 37.2 Å². The summed E-state index contributed by atoms with van der Waals surface area (Å²) in [5, 5.41) is 6.98. The fraction of sp³-hybridized carbons (Fsp3) is 0.214. The molecule has 2 N–H and O–H groups in total. The Morgan fingerprint density at radius 1 is 1.22 bits per heavy atom. The van der Waals surface area contributed by atoms with Gasteiger partial charge in [-0.2, -0.15) is 0 Å². The number of hydrogen-bond donors (Lipinski definition) is 2. The van der Waals surface area contributed by atoms with Crippen LogP contribution in [0.25, 0.3) is 0 Å². The van der Waals surface area contributed by atoms with Crippen molar-refractivity contribution in [2.24, 2.45) is 0 Å². The highest BCUT2D eigenvalue weighted by molar-refractivity contribution is 7.80. The first kappa shape index (κ1) is 12.6. The van der Waals surface area contributed by atoms with E-state index < -0.39 is 0 Å². The van der Waals surface area contributed by atoms with Crippen LogP contribution in [0.3, 0.4) is 0 Å². The Morgan fingerprint density at radius 3 is 2.67 bits per heavy atom. The van der Waals surface area contributed by atoms with Gasteiger partial charge in [0, 0.05) is 0 Å². The monoisotopic (exact) mass is 260 g/mol. The van der Waals surface area contributed by atoms with Gasteiger partial charge < -0.3 is 15.1 Å². The van der Waals surface area contributed by atoms with Crippen molar-refractivity contribution in [1.82, 2.24) is 10.6 Å². The Labute approximate surface area is 112 Å². The third-order valence-electron chi connectivity index (χ3n) is 2.65. The third-order valence-corrected chi connectivity index (χ3v) is 2.91. The van der Waals surface area contributed by atoms with Crippen LogP contribution in [0.15, 0.2) is 53.1 Å². The third kappa shape index (κ3) is 3.60. The molecule has 2 aromatic rings. The van der Waals surface area contributed by atoms with Crippen molar-refractivity contribution < 1.29 is 4.42 Å². The molecule has 1 aromatic carbocycles. The van der Waals surface area contributed by atoms with Gasteiger partial charge in [-0.05, 0) is 36.8 Å². The van der Waals surface area contributed by atoms with Crippen molar-refractivity contribution in [3.63, 3.8) is 0 Å². The Balaban J connectivity index is 1.80. The average molecular weight is 260 g/mol. The molecule has 94 valence electrons. The second-order valence-corrected chi connectivity index (χ2v) is 4.45. The van der Waals surface area contributed by atoms with Gasteiger partial charge in [0.15, 0.2) is 5.11 Å². The standard InChI is InChI=1S/C14H16N2OS/c1-11(12-6-3-2-4-7-12)16-14(18)15-10-13-8-5-9-17-13/h2-9,11H,10H2,1H3,(H2,15,16,18)/t11-/m1/s1. The molecular weight excluding hydrogens is 244 g/mol. The second-order valence-electron chi connectivity index (χ2n) is 4.04. The number of nitrogens with one attached hydrogen (secondary N) is 2. The van der Waals surface area contributed by atoms with E-state index in [-0.39, 0.29) is 6.04 Å². The first-order valence-corrected chi connectivity index (χ1v) is 6.28. The summed E-state index contributed by atoms with van der Waals surface area (Å²) in [6, 6.07) is 14.2. The van der Waals surface area contributed by atoms with Crippen molar-refractivity contribution in [1.29, 1.82) is 0 Å². The van der Waals surface area contributed by atoms with Crippen LogP contribution in [-0.2, 0) is 6.54 Å². The Hall–Kier alpha value is -1.81. The van der Waals surface area contributed by atoms with E-state index >= 15 is 0 Å². The molecule has 0 radical (unpaired) electrons. The van der Waals surface area contributed by atoms with Crippen LogP contribution >= 0.6 is 12.2 Å². The fourth-order valence-electron chi connectivity index (χ4n) is 1.65. The molecule has 0 spiro atoms. The molecule has 4 heteroatoms. The van der Waals surface area contributed by atoms with Gasteiger partial charge in [0.2, 0.25) is 0 Å². The van der Waals surface area contributed by atoms with E-state index in [1.807, 2.05) is 30.3 Å². The minimum absolute atomic E-state index is 0.183. The molecular formula is C14H16N2OS. The highest BCUT2D eigenvalue weighted by Crippen LogP contribution is 2.10. The predicted molar refractivity (Wildman–Crippen MR) is 76.1 cm³/mol. The quantitative estimate of drug-likeness (QED) is 0.829. The van der Waals surface area contributed by atoms with Crippen molar-refractivity contribution in [2.75, 3.05) is 0 Å². The molecule has 2 rings (SSSR count). The van der Waals surface area contributed by atoms with E-state index in [1.54, 1.807) is 6.26 Å². The molecule has 1 heterocycles. The van der Waals surface area contributed by atoms with E-state index in [0.717, 1.165) is 5.76 Å². The van der Waals surface area contributed by atoms with Gasteiger partial charge in [0.1, 0.15) is 5.76 Å². The van der Waals surface area contributed by atoms with Crippen molar-refractivity contribution >= 4 is 17.3 Å². The van der Waals surface area contributed by atoms with Gasteiger partial charge in [-0.1, -0.05) is 30.3 Å².